The van der Waals surface area contributed by atoms with Gasteiger partial charge < -0.3 is 20.2 Å². The molecule has 0 saturated carbocycles. The van der Waals surface area contributed by atoms with Crippen LogP contribution in [0.5, 0.6) is 0 Å². The van der Waals surface area contributed by atoms with Crippen LogP contribution in [0.2, 0.25) is 0 Å². The van der Waals surface area contributed by atoms with Crippen molar-refractivity contribution in [3.63, 3.8) is 0 Å². The average molecular weight is 422 g/mol. The number of benzene rings is 1. The number of tetrazole rings is 1. The largest absolute Gasteiger partial charge is 0.391 e. The van der Waals surface area contributed by atoms with Crippen molar-refractivity contribution in [3.05, 3.63) is 42.3 Å². The van der Waals surface area contributed by atoms with Gasteiger partial charge in [0.25, 0.3) is 0 Å². The predicted octanol–water partition coefficient (Wildman–Crippen LogP) is 1.42. The Hall–Kier alpha value is -2.72. The Morgan fingerprint density at radius 1 is 1.28 bits per heavy atom. The molecule has 4 N–H and O–H groups in total. The van der Waals surface area contributed by atoms with Crippen LogP contribution in [0.3, 0.4) is 0 Å². The minimum Gasteiger partial charge on any atom is -0.391 e. The lowest BCUT2D eigenvalue weighted by Gasteiger charge is -2.14. The molecule has 0 saturated heterocycles. The number of aryl methyl sites for hydroxylation is 1. The van der Waals surface area contributed by atoms with E-state index in [-0.39, 0.29) is 13.0 Å². The molecule has 154 valence electrons. The smallest absolute Gasteiger partial charge is 0.325 e. The monoisotopic (exact) mass is 422 g/mol. The summed E-state index contributed by atoms with van der Waals surface area (Å²) >= 11 is 0. The molecule has 2 heterocycles. The molecule has 0 aliphatic heterocycles. The standard InChI is InChI=1S/C17H20FN6O4P/c1-24-22-17(21-23-24)16-5-2-11(9-20-16)14-4-3-12(8-15(14)18)19-10-13(25)6-7-29(26,27)28/h2-5,8-9,13,19,25H,6-7,10H2,1H3,(H2,26,27,28)/t13-/m0/s1. The number of nitrogens with one attached hydrogen (secondary N) is 1. The Morgan fingerprint density at radius 3 is 2.66 bits per heavy atom. The summed E-state index contributed by atoms with van der Waals surface area (Å²) in [6.45, 7) is 0.0418. The van der Waals surface area contributed by atoms with Gasteiger partial charge in [0.15, 0.2) is 0 Å². The number of aromatic nitrogens is 5. The van der Waals surface area contributed by atoms with Gasteiger partial charge in [-0.25, -0.2) is 4.39 Å². The van der Waals surface area contributed by atoms with Crippen molar-refractivity contribution in [2.75, 3.05) is 18.0 Å². The van der Waals surface area contributed by atoms with Gasteiger partial charge in [-0.15, -0.1) is 10.2 Å². The van der Waals surface area contributed by atoms with Gasteiger partial charge >= 0.3 is 7.60 Å². The molecular weight excluding hydrogens is 402 g/mol. The number of rotatable bonds is 8. The third-order valence-electron chi connectivity index (χ3n) is 4.08. The second kappa shape index (κ2) is 8.75. The van der Waals surface area contributed by atoms with Crippen molar-refractivity contribution >= 4 is 13.3 Å². The van der Waals surface area contributed by atoms with Crippen LogP contribution in [0, 0.1) is 5.82 Å². The zero-order chi connectivity index (χ0) is 21.0. The third kappa shape index (κ3) is 5.88. The predicted molar refractivity (Wildman–Crippen MR) is 103 cm³/mol. The molecule has 10 nitrogen and oxygen atoms in total. The van der Waals surface area contributed by atoms with Gasteiger partial charge in [0.2, 0.25) is 5.82 Å². The molecule has 3 aromatic rings. The maximum atomic E-state index is 14.5. The van der Waals surface area contributed by atoms with Gasteiger partial charge in [0.1, 0.15) is 11.5 Å². The van der Waals surface area contributed by atoms with E-state index in [1.807, 2.05) is 0 Å². The number of anilines is 1. The molecule has 0 unspecified atom stereocenters. The summed E-state index contributed by atoms with van der Waals surface area (Å²) < 4.78 is 25.3. The first-order valence-corrected chi connectivity index (χ1v) is 10.5. The lowest BCUT2D eigenvalue weighted by molar-refractivity contribution is 0.181. The first-order chi connectivity index (χ1) is 13.7. The van der Waals surface area contributed by atoms with Gasteiger partial charge in [0.05, 0.1) is 19.3 Å². The highest BCUT2D eigenvalue weighted by Gasteiger charge is 2.16. The fraction of sp³-hybridized carbons (Fsp3) is 0.294. The Kier molecular flexibility index (Phi) is 6.33. The van der Waals surface area contributed by atoms with Crippen molar-refractivity contribution < 1.29 is 23.8 Å². The summed E-state index contributed by atoms with van der Waals surface area (Å²) in [5.74, 6) is -0.108. The van der Waals surface area contributed by atoms with Gasteiger partial charge in [-0.05, 0) is 35.9 Å². The molecule has 0 aliphatic carbocycles. The van der Waals surface area contributed by atoms with Crippen molar-refractivity contribution in [1.82, 2.24) is 25.2 Å². The lowest BCUT2D eigenvalue weighted by atomic mass is 10.1. The Bertz CT molecular complexity index is 1020. The molecular formula is C17H20FN6O4P. The second-order valence-electron chi connectivity index (χ2n) is 6.44. The summed E-state index contributed by atoms with van der Waals surface area (Å²) in [4.78, 5) is 23.2. The van der Waals surface area contributed by atoms with Crippen LogP contribution in [0.15, 0.2) is 36.5 Å². The minimum atomic E-state index is -4.15. The molecule has 3 rings (SSSR count). The zero-order valence-corrected chi connectivity index (χ0v) is 16.4. The number of nitrogens with zero attached hydrogens (tertiary/aromatic N) is 5. The number of hydrogen-bond acceptors (Lipinski definition) is 7. The molecule has 0 bridgehead atoms. The van der Waals surface area contributed by atoms with Crippen LogP contribution >= 0.6 is 7.60 Å². The van der Waals surface area contributed by atoms with Crippen LogP contribution in [-0.4, -0.2) is 58.9 Å². The molecule has 2 aromatic heterocycles. The van der Waals surface area contributed by atoms with Crippen LogP contribution < -0.4 is 5.32 Å². The van der Waals surface area contributed by atoms with E-state index in [0.29, 0.717) is 28.3 Å². The zero-order valence-electron chi connectivity index (χ0n) is 15.5. The Balaban J connectivity index is 1.64. The SMILES string of the molecule is Cn1nnc(-c2ccc(-c3ccc(NC[C@@H](O)CCP(=O)(O)O)cc3F)cn2)n1. The van der Waals surface area contributed by atoms with Crippen molar-refractivity contribution in [2.24, 2.45) is 7.05 Å². The Morgan fingerprint density at radius 2 is 2.07 bits per heavy atom. The fourth-order valence-corrected chi connectivity index (χ4v) is 3.22. The van der Waals surface area contributed by atoms with Crippen LogP contribution in [-0.2, 0) is 11.6 Å². The van der Waals surface area contributed by atoms with Gasteiger partial charge in [0, 0.05) is 29.6 Å². The minimum absolute atomic E-state index is 0.0418. The van der Waals surface area contributed by atoms with Crippen LogP contribution in [0.25, 0.3) is 22.6 Å². The maximum Gasteiger partial charge on any atom is 0.325 e. The second-order valence-corrected chi connectivity index (χ2v) is 8.22. The van der Waals surface area contributed by atoms with Crippen molar-refractivity contribution in [2.45, 2.75) is 12.5 Å². The molecule has 0 radical (unpaired) electrons. The van der Waals surface area contributed by atoms with E-state index >= 15 is 0 Å². The van der Waals surface area contributed by atoms with E-state index in [2.05, 4.69) is 25.7 Å². The lowest BCUT2D eigenvalue weighted by Crippen LogP contribution is -2.20. The van der Waals surface area contributed by atoms with Gasteiger partial charge in [-0.3, -0.25) is 9.55 Å². The average Bonchev–Trinajstić information content (AvgIpc) is 3.11. The molecule has 1 aromatic carbocycles. The first kappa shape index (κ1) is 21.0. The first-order valence-electron chi connectivity index (χ1n) is 8.68. The maximum absolute atomic E-state index is 14.5. The quantitative estimate of drug-likeness (QED) is 0.396. The number of aliphatic hydroxyl groups is 1. The summed E-state index contributed by atoms with van der Waals surface area (Å²) in [6, 6.07) is 7.89. The van der Waals surface area contributed by atoms with E-state index in [1.54, 1.807) is 31.3 Å². The van der Waals surface area contributed by atoms with Gasteiger partial charge in [-0.2, -0.15) is 4.80 Å². The number of pyridine rings is 1. The molecule has 12 heteroatoms. The highest BCUT2D eigenvalue weighted by molar-refractivity contribution is 7.51. The van der Waals surface area contributed by atoms with E-state index < -0.39 is 25.7 Å². The highest BCUT2D eigenvalue weighted by atomic mass is 31.2. The van der Waals surface area contributed by atoms with Crippen molar-refractivity contribution in [3.8, 4) is 22.6 Å². The van der Waals surface area contributed by atoms with Crippen LogP contribution in [0.4, 0.5) is 10.1 Å². The summed E-state index contributed by atoms with van der Waals surface area (Å²) in [6.07, 6.45) is 0.0901. The molecule has 0 spiro atoms. The molecule has 0 amide bonds. The molecule has 0 aliphatic rings. The molecule has 29 heavy (non-hydrogen) atoms. The van der Waals surface area contributed by atoms with Crippen LogP contribution in [0.1, 0.15) is 6.42 Å². The topological polar surface area (TPSA) is 146 Å². The third-order valence-corrected chi connectivity index (χ3v) is 4.92. The summed E-state index contributed by atoms with van der Waals surface area (Å²) in [5, 5.41) is 24.3. The Labute approximate surface area is 165 Å². The van der Waals surface area contributed by atoms with E-state index in [9.17, 15) is 14.1 Å². The number of halogens is 1. The van der Waals surface area contributed by atoms with Crippen molar-refractivity contribution in [1.29, 1.82) is 0 Å². The number of hydrogen-bond donors (Lipinski definition) is 4. The number of aliphatic hydroxyl groups excluding tert-OH is 1. The summed E-state index contributed by atoms with van der Waals surface area (Å²) in [5.41, 5.74) is 1.88. The van der Waals surface area contributed by atoms with E-state index in [4.69, 9.17) is 9.79 Å². The fourth-order valence-electron chi connectivity index (χ4n) is 2.59. The molecule has 1 atom stereocenters. The highest BCUT2D eigenvalue weighted by Crippen LogP contribution is 2.35. The van der Waals surface area contributed by atoms with E-state index in [1.165, 1.54) is 17.1 Å². The normalized spacial score (nSPS) is 12.7. The van der Waals surface area contributed by atoms with E-state index in [0.717, 1.165) is 0 Å². The summed E-state index contributed by atoms with van der Waals surface area (Å²) in [7, 11) is -2.51. The molecule has 0 fully saturated rings. The van der Waals surface area contributed by atoms with Gasteiger partial charge in [-0.1, -0.05) is 6.07 Å².